The Kier molecular flexibility index (Phi) is 7.43. The predicted molar refractivity (Wildman–Crippen MR) is 117 cm³/mol. The third-order valence-electron chi connectivity index (χ3n) is 5.18. The number of benzene rings is 2. The normalized spacial score (nSPS) is 13.3. The molecule has 3 N–H and O–H groups in total. The second kappa shape index (κ2) is 10.4. The summed E-state index contributed by atoms with van der Waals surface area (Å²) in [5.41, 5.74) is 4.52. The zero-order valence-corrected chi connectivity index (χ0v) is 17.3. The van der Waals surface area contributed by atoms with Crippen molar-refractivity contribution >= 4 is 18.0 Å². The Hall–Kier alpha value is -3.61. The molecule has 0 fully saturated rings. The number of rotatable bonds is 9. The van der Waals surface area contributed by atoms with Crippen LogP contribution < -0.4 is 10.6 Å². The first-order valence-corrected chi connectivity index (χ1v) is 10.3. The van der Waals surface area contributed by atoms with Gasteiger partial charge in [-0.05, 0) is 28.7 Å². The molecule has 7 nitrogen and oxygen atoms in total. The van der Waals surface area contributed by atoms with E-state index in [2.05, 4.69) is 22.8 Å². The van der Waals surface area contributed by atoms with Crippen LogP contribution in [0.1, 0.15) is 36.8 Å². The number of carboxylic acids is 1. The zero-order valence-electron chi connectivity index (χ0n) is 17.3. The number of hydrogen-bond donors (Lipinski definition) is 3. The number of alkyl carbamates (subject to hydrolysis) is 1. The summed E-state index contributed by atoms with van der Waals surface area (Å²) in [5.74, 6) is -1.53. The van der Waals surface area contributed by atoms with Crippen molar-refractivity contribution in [3.05, 3.63) is 71.8 Å². The lowest BCUT2D eigenvalue weighted by Gasteiger charge is -2.19. The molecule has 1 aliphatic rings. The van der Waals surface area contributed by atoms with Crippen LogP contribution in [-0.2, 0) is 14.3 Å². The number of aliphatic carboxylic acids is 1. The van der Waals surface area contributed by atoms with Gasteiger partial charge >= 0.3 is 12.1 Å². The van der Waals surface area contributed by atoms with Gasteiger partial charge in [-0.3, -0.25) is 4.79 Å². The van der Waals surface area contributed by atoms with E-state index in [1.165, 1.54) is 6.08 Å². The first-order valence-electron chi connectivity index (χ1n) is 10.3. The van der Waals surface area contributed by atoms with Crippen LogP contribution in [0.15, 0.2) is 60.7 Å². The van der Waals surface area contributed by atoms with E-state index in [-0.39, 0.29) is 25.0 Å². The lowest BCUT2D eigenvalue weighted by molar-refractivity contribution is -0.131. The lowest BCUT2D eigenvalue weighted by Crippen LogP contribution is -2.47. The monoisotopic (exact) mass is 422 g/mol. The molecule has 1 aliphatic carbocycles. The van der Waals surface area contributed by atoms with E-state index in [0.29, 0.717) is 12.8 Å². The van der Waals surface area contributed by atoms with Gasteiger partial charge in [0.25, 0.3) is 0 Å². The van der Waals surface area contributed by atoms with Gasteiger partial charge in [-0.25, -0.2) is 9.59 Å². The summed E-state index contributed by atoms with van der Waals surface area (Å²) in [7, 11) is 0. The summed E-state index contributed by atoms with van der Waals surface area (Å²) in [6, 6.07) is 15.4. The third-order valence-corrected chi connectivity index (χ3v) is 5.18. The van der Waals surface area contributed by atoms with E-state index in [0.717, 1.165) is 28.3 Å². The molecule has 2 amide bonds. The summed E-state index contributed by atoms with van der Waals surface area (Å²) in [4.78, 5) is 35.3. The van der Waals surface area contributed by atoms with Gasteiger partial charge in [-0.15, -0.1) is 0 Å². The summed E-state index contributed by atoms with van der Waals surface area (Å²) in [6.45, 7) is 2.14. The van der Waals surface area contributed by atoms with E-state index in [1.54, 1.807) is 0 Å². The van der Waals surface area contributed by atoms with Crippen molar-refractivity contribution in [2.45, 2.75) is 31.7 Å². The van der Waals surface area contributed by atoms with Crippen LogP contribution in [0, 0.1) is 0 Å². The van der Waals surface area contributed by atoms with E-state index in [1.807, 2.05) is 43.3 Å². The van der Waals surface area contributed by atoms with Crippen molar-refractivity contribution in [3.63, 3.8) is 0 Å². The average molecular weight is 422 g/mol. The molecule has 162 valence electrons. The van der Waals surface area contributed by atoms with Crippen LogP contribution >= 0.6 is 0 Å². The first kappa shape index (κ1) is 22.1. The quantitative estimate of drug-likeness (QED) is 0.537. The van der Waals surface area contributed by atoms with Crippen LogP contribution in [0.5, 0.6) is 0 Å². The lowest BCUT2D eigenvalue weighted by atomic mass is 9.98. The molecule has 0 heterocycles. The number of carbonyl (C=O) groups excluding carboxylic acids is 2. The second-order valence-electron chi connectivity index (χ2n) is 7.30. The van der Waals surface area contributed by atoms with Gasteiger partial charge in [0.2, 0.25) is 5.91 Å². The van der Waals surface area contributed by atoms with Crippen molar-refractivity contribution in [2.24, 2.45) is 0 Å². The maximum absolute atomic E-state index is 12.4. The number of carbonyl (C=O) groups is 3. The zero-order chi connectivity index (χ0) is 22.2. The summed E-state index contributed by atoms with van der Waals surface area (Å²) in [5, 5.41) is 13.8. The van der Waals surface area contributed by atoms with E-state index >= 15 is 0 Å². The molecule has 0 aliphatic heterocycles. The molecule has 0 aromatic heterocycles. The molecule has 2 aromatic carbocycles. The van der Waals surface area contributed by atoms with Gasteiger partial charge in [0.15, 0.2) is 0 Å². The number of carboxylic acid groups (broad SMARTS) is 1. The Morgan fingerprint density at radius 3 is 2.26 bits per heavy atom. The van der Waals surface area contributed by atoms with Crippen LogP contribution in [-0.4, -0.2) is 42.3 Å². The molecule has 0 spiro atoms. The van der Waals surface area contributed by atoms with Crippen molar-refractivity contribution in [1.29, 1.82) is 0 Å². The predicted octanol–water partition coefficient (Wildman–Crippen LogP) is 3.45. The van der Waals surface area contributed by atoms with Gasteiger partial charge < -0.3 is 20.5 Å². The molecule has 0 saturated heterocycles. The highest BCUT2D eigenvalue weighted by Gasteiger charge is 2.29. The van der Waals surface area contributed by atoms with Gasteiger partial charge in [0, 0.05) is 18.5 Å². The SMILES string of the molecule is CCCC(NC(=O)OCC1c2ccccc2-c2ccccc21)C(=O)NC/C=C/C(=O)O. The molecular formula is C24H26N2O5. The molecule has 1 atom stereocenters. The number of hydrogen-bond acceptors (Lipinski definition) is 4. The summed E-state index contributed by atoms with van der Waals surface area (Å²) >= 11 is 0. The molecule has 2 aromatic rings. The highest BCUT2D eigenvalue weighted by atomic mass is 16.5. The first-order chi connectivity index (χ1) is 15.0. The third kappa shape index (κ3) is 5.51. The Morgan fingerprint density at radius 1 is 1.06 bits per heavy atom. The second-order valence-corrected chi connectivity index (χ2v) is 7.30. The van der Waals surface area contributed by atoms with Crippen LogP contribution in [0.3, 0.4) is 0 Å². The molecule has 31 heavy (non-hydrogen) atoms. The van der Waals surface area contributed by atoms with Gasteiger partial charge in [0.05, 0.1) is 0 Å². The average Bonchev–Trinajstić information content (AvgIpc) is 3.08. The van der Waals surface area contributed by atoms with E-state index in [9.17, 15) is 14.4 Å². The van der Waals surface area contributed by atoms with Crippen molar-refractivity contribution in [1.82, 2.24) is 10.6 Å². The van der Waals surface area contributed by atoms with Gasteiger partial charge in [0.1, 0.15) is 12.6 Å². The molecule has 0 saturated carbocycles. The number of ether oxygens (including phenoxy) is 1. The molecule has 7 heteroatoms. The number of amides is 2. The minimum absolute atomic E-state index is 0.0576. The number of nitrogens with one attached hydrogen (secondary N) is 2. The van der Waals surface area contributed by atoms with Crippen LogP contribution in [0.25, 0.3) is 11.1 Å². The highest BCUT2D eigenvalue weighted by Crippen LogP contribution is 2.44. The van der Waals surface area contributed by atoms with Crippen molar-refractivity contribution in [2.75, 3.05) is 13.2 Å². The Morgan fingerprint density at radius 2 is 1.68 bits per heavy atom. The number of fused-ring (bicyclic) bond motifs is 3. The fourth-order valence-corrected chi connectivity index (χ4v) is 3.78. The fourth-order valence-electron chi connectivity index (χ4n) is 3.78. The molecule has 0 bridgehead atoms. The highest BCUT2D eigenvalue weighted by molar-refractivity contribution is 5.86. The Bertz CT molecular complexity index is 940. The fraction of sp³-hybridized carbons (Fsp3) is 0.292. The Balaban J connectivity index is 1.59. The molecule has 3 rings (SSSR count). The Labute approximate surface area is 181 Å². The standard InChI is InChI=1S/C24H26N2O5/c1-2-8-21(23(29)25-14-7-13-22(27)28)26-24(30)31-15-20-18-11-5-3-9-16(18)17-10-4-6-12-19(17)20/h3-7,9-13,20-21H,2,8,14-15H2,1H3,(H,25,29)(H,26,30)(H,27,28)/b13-7+. The summed E-state index contributed by atoms with van der Waals surface area (Å²) in [6.07, 6.45) is 2.76. The van der Waals surface area contributed by atoms with Crippen molar-refractivity contribution in [3.8, 4) is 11.1 Å². The van der Waals surface area contributed by atoms with E-state index in [4.69, 9.17) is 9.84 Å². The van der Waals surface area contributed by atoms with Crippen molar-refractivity contribution < 1.29 is 24.2 Å². The molecular weight excluding hydrogens is 396 g/mol. The largest absolute Gasteiger partial charge is 0.478 e. The van der Waals surface area contributed by atoms with E-state index < -0.39 is 18.1 Å². The minimum Gasteiger partial charge on any atom is -0.478 e. The topological polar surface area (TPSA) is 105 Å². The minimum atomic E-state index is -1.09. The maximum atomic E-state index is 12.4. The van der Waals surface area contributed by atoms with Gasteiger partial charge in [-0.2, -0.15) is 0 Å². The van der Waals surface area contributed by atoms with Crippen LogP contribution in [0.2, 0.25) is 0 Å². The molecule has 1 unspecified atom stereocenters. The van der Waals surface area contributed by atoms with Crippen LogP contribution in [0.4, 0.5) is 4.79 Å². The molecule has 0 radical (unpaired) electrons. The maximum Gasteiger partial charge on any atom is 0.407 e. The van der Waals surface area contributed by atoms with Gasteiger partial charge in [-0.1, -0.05) is 68.0 Å². The summed E-state index contributed by atoms with van der Waals surface area (Å²) < 4.78 is 5.50. The smallest absolute Gasteiger partial charge is 0.407 e.